The highest BCUT2D eigenvalue weighted by Gasteiger charge is 2.23. The van der Waals surface area contributed by atoms with Crippen molar-refractivity contribution < 1.29 is 9.90 Å². The second kappa shape index (κ2) is 7.41. The van der Waals surface area contributed by atoms with Gasteiger partial charge >= 0.3 is 0 Å². The molecule has 0 spiro atoms. The molecule has 1 N–H and O–H groups in total. The fourth-order valence-electron chi connectivity index (χ4n) is 2.22. The second-order valence-corrected chi connectivity index (χ2v) is 6.41. The maximum Gasteiger partial charge on any atom is 0.249 e. The highest BCUT2D eigenvalue weighted by Crippen LogP contribution is 2.40. The Morgan fingerprint density at radius 2 is 1.89 bits per heavy atom. The van der Waals surface area contributed by atoms with Crippen molar-refractivity contribution in [1.82, 2.24) is 0 Å². The fraction of sp³-hybridized carbons (Fsp3) is 0.643. The summed E-state index contributed by atoms with van der Waals surface area (Å²) in [6.07, 6.45) is 4.02. The summed E-state index contributed by atoms with van der Waals surface area (Å²) in [5, 5.41) is 16.6. The number of anilines is 1. The van der Waals surface area contributed by atoms with Gasteiger partial charge in [0.15, 0.2) is 0 Å². The molecule has 1 unspecified atom stereocenters. The van der Waals surface area contributed by atoms with Gasteiger partial charge in [0, 0.05) is 21.6 Å². The molecule has 1 atom stereocenters. The Hall–Kier alpha value is -1.03. The maximum absolute atomic E-state index is 10.8. The molecule has 0 fully saturated rings. The van der Waals surface area contributed by atoms with Crippen LogP contribution in [-0.2, 0) is 18.6 Å². The largest absolute Gasteiger partial charge is 0.530 e. The van der Waals surface area contributed by atoms with Crippen molar-refractivity contribution in [2.45, 2.75) is 58.6 Å². The predicted octanol–water partition coefficient (Wildman–Crippen LogP) is 3.51. The van der Waals surface area contributed by atoms with Crippen LogP contribution in [0.5, 0.6) is 0 Å². The van der Waals surface area contributed by atoms with Gasteiger partial charge in [0.1, 0.15) is 17.2 Å². The molecule has 1 amide bonds. The van der Waals surface area contributed by atoms with Crippen LogP contribution in [0.2, 0.25) is 0 Å². The maximum atomic E-state index is 10.8. The molecule has 0 aliphatic carbocycles. The van der Waals surface area contributed by atoms with Crippen molar-refractivity contribution in [3.05, 3.63) is 16.5 Å². The van der Waals surface area contributed by atoms with Crippen LogP contribution in [0.3, 0.4) is 0 Å². The zero-order valence-corrected chi connectivity index (χ0v) is 12.4. The number of rotatable bonds is 7. The molecule has 1 aromatic heterocycles. The average Bonchev–Trinajstić information content (AvgIpc) is 2.59. The lowest BCUT2D eigenvalue weighted by Gasteiger charge is -2.06. The molecule has 0 aromatic carbocycles. The summed E-state index contributed by atoms with van der Waals surface area (Å²) in [7, 11) is -0.0631. The van der Waals surface area contributed by atoms with Crippen molar-refractivity contribution in [1.29, 1.82) is 0 Å². The Bertz CT molecular complexity index is 399. The lowest BCUT2D eigenvalue weighted by Crippen LogP contribution is -2.29. The van der Waals surface area contributed by atoms with Gasteiger partial charge in [-0.1, -0.05) is 33.6 Å². The van der Waals surface area contributed by atoms with Crippen LogP contribution in [-0.4, -0.2) is 6.09 Å². The van der Waals surface area contributed by atoms with E-state index in [0.29, 0.717) is 0 Å². The van der Waals surface area contributed by atoms with Gasteiger partial charge in [0.2, 0.25) is 5.00 Å². The van der Waals surface area contributed by atoms with Crippen LogP contribution in [0.15, 0.2) is 5.38 Å². The fourth-order valence-corrected chi connectivity index (χ4v) is 4.47. The summed E-state index contributed by atoms with van der Waals surface area (Å²) in [6, 6.07) is 0. The summed E-state index contributed by atoms with van der Waals surface area (Å²) in [5.74, 6) is 1.02. The summed E-state index contributed by atoms with van der Waals surface area (Å²) in [6.45, 7) is 6.42. The topological polar surface area (TPSA) is 52.2 Å². The van der Waals surface area contributed by atoms with Crippen LogP contribution in [0.1, 0.15) is 51.2 Å². The molecule has 18 heavy (non-hydrogen) atoms. The lowest BCUT2D eigenvalue weighted by molar-refractivity contribution is -0.242. The van der Waals surface area contributed by atoms with Gasteiger partial charge in [-0.05, 0) is 19.3 Å². The molecule has 1 aromatic rings. The lowest BCUT2D eigenvalue weighted by atomic mass is 10.0. The van der Waals surface area contributed by atoms with Gasteiger partial charge in [-0.25, -0.2) is 0 Å². The van der Waals surface area contributed by atoms with E-state index in [-0.39, 0.29) is 10.5 Å². The number of nitrogens with one attached hydrogen (secondary N) is 1. The molecule has 4 heteroatoms. The van der Waals surface area contributed by atoms with Crippen molar-refractivity contribution in [2.75, 3.05) is 5.32 Å². The van der Waals surface area contributed by atoms with Gasteiger partial charge in [0.05, 0.1) is 0 Å². The van der Waals surface area contributed by atoms with Gasteiger partial charge in [-0.3, -0.25) is 5.32 Å². The molecule has 0 saturated carbocycles. The Balaban J connectivity index is 3.15. The van der Waals surface area contributed by atoms with E-state index in [1.807, 2.05) is 0 Å². The smallest absolute Gasteiger partial charge is 0.249 e. The number of thiophene rings is 1. The van der Waals surface area contributed by atoms with E-state index in [2.05, 4.69) is 31.5 Å². The number of carboxylic acid groups (broad SMARTS) is 1. The Morgan fingerprint density at radius 1 is 1.22 bits per heavy atom. The minimum atomic E-state index is -1.18. The first kappa shape index (κ1) is 15.0. The van der Waals surface area contributed by atoms with E-state index in [9.17, 15) is 9.90 Å². The third-order valence-corrected chi connectivity index (χ3v) is 5.16. The zero-order chi connectivity index (χ0) is 13.5. The molecule has 0 saturated heterocycles. The first-order chi connectivity index (χ1) is 8.63. The molecule has 0 aliphatic heterocycles. The first-order valence-electron chi connectivity index (χ1n) is 6.75. The normalized spacial score (nSPS) is 11.6. The number of hydrogen-bond donors (Lipinski definition) is 1. The van der Waals surface area contributed by atoms with E-state index in [0.717, 1.165) is 42.9 Å². The van der Waals surface area contributed by atoms with Gasteiger partial charge in [-0.15, -0.1) is 0 Å². The van der Waals surface area contributed by atoms with Crippen LogP contribution in [0, 0.1) is 0 Å². The summed E-state index contributed by atoms with van der Waals surface area (Å²) in [5.41, 5.74) is 2.57. The van der Waals surface area contributed by atoms with E-state index >= 15 is 0 Å². The second-order valence-electron chi connectivity index (χ2n) is 4.50. The van der Waals surface area contributed by atoms with Crippen LogP contribution < -0.4 is 10.4 Å². The standard InChI is InChI=1S/C14H23NO2S/c1-4-7-11-10-18(9-6-3)13(15-14(16)17)12(11)8-5-2/h10,15H,4-9H2,1-3H3. The minimum Gasteiger partial charge on any atom is -0.530 e. The first-order valence-corrected chi connectivity index (χ1v) is 8.21. The highest BCUT2D eigenvalue weighted by molar-refractivity contribution is 7.33. The molecular weight excluding hydrogens is 246 g/mol. The zero-order valence-electron chi connectivity index (χ0n) is 11.5. The molecular formula is C14H23NO2S. The summed E-state index contributed by atoms with van der Waals surface area (Å²) in [4.78, 5) is 10.8. The molecule has 102 valence electrons. The minimum absolute atomic E-state index is 0.0631. The highest BCUT2D eigenvalue weighted by atomic mass is 32.2. The Morgan fingerprint density at radius 3 is 2.39 bits per heavy atom. The van der Waals surface area contributed by atoms with E-state index in [4.69, 9.17) is 0 Å². The van der Waals surface area contributed by atoms with E-state index in [1.54, 1.807) is 0 Å². The molecule has 0 radical (unpaired) electrons. The van der Waals surface area contributed by atoms with Gasteiger partial charge in [-0.2, -0.15) is 0 Å². The third kappa shape index (κ3) is 3.73. The molecule has 3 nitrogen and oxygen atoms in total. The Kier molecular flexibility index (Phi) is 6.19. The average molecular weight is 269 g/mol. The van der Waals surface area contributed by atoms with E-state index < -0.39 is 6.09 Å². The monoisotopic (exact) mass is 269 g/mol. The molecule has 1 heterocycles. The summed E-state index contributed by atoms with van der Waals surface area (Å²) < 4.78 is 0. The van der Waals surface area contributed by atoms with Crippen LogP contribution >= 0.6 is 10.5 Å². The third-order valence-electron chi connectivity index (χ3n) is 2.87. The SMILES string of the molecule is CCCc1c[s+](CCC)c(NC(=O)[O-])c1CCC. The molecule has 0 aliphatic rings. The summed E-state index contributed by atoms with van der Waals surface area (Å²) >= 11 is 0. The Labute approximate surface area is 112 Å². The number of hydrogen-bond acceptors (Lipinski definition) is 2. The van der Waals surface area contributed by atoms with Gasteiger partial charge < -0.3 is 9.90 Å². The number of carbonyl (C=O) groups excluding carboxylic acids is 1. The quantitative estimate of drug-likeness (QED) is 0.770. The van der Waals surface area contributed by atoms with Crippen molar-refractivity contribution in [3.63, 3.8) is 0 Å². The predicted molar refractivity (Wildman–Crippen MR) is 76.2 cm³/mol. The van der Waals surface area contributed by atoms with Crippen LogP contribution in [0.4, 0.5) is 9.80 Å². The van der Waals surface area contributed by atoms with Crippen molar-refractivity contribution in [2.24, 2.45) is 0 Å². The van der Waals surface area contributed by atoms with Crippen molar-refractivity contribution in [3.8, 4) is 0 Å². The number of amides is 1. The number of carbonyl (C=O) groups is 1. The number of aryl methyl sites for hydroxylation is 2. The van der Waals surface area contributed by atoms with Crippen LogP contribution in [0.25, 0.3) is 0 Å². The van der Waals surface area contributed by atoms with Gasteiger partial charge in [0.25, 0.3) is 0 Å². The molecule has 0 bridgehead atoms. The van der Waals surface area contributed by atoms with E-state index in [1.165, 1.54) is 11.1 Å². The molecule has 1 rings (SSSR count). The van der Waals surface area contributed by atoms with Crippen molar-refractivity contribution >= 4 is 21.6 Å².